The van der Waals surface area contributed by atoms with E-state index < -0.39 is 0 Å². The van der Waals surface area contributed by atoms with E-state index in [2.05, 4.69) is 11.5 Å². The van der Waals surface area contributed by atoms with Crippen LogP contribution >= 0.6 is 0 Å². The second-order valence-corrected chi connectivity index (χ2v) is 3.53. The van der Waals surface area contributed by atoms with Gasteiger partial charge in [0.15, 0.2) is 5.78 Å². The minimum atomic E-state index is 0.0114. The first-order chi connectivity index (χ1) is 7.74. The van der Waals surface area contributed by atoms with Gasteiger partial charge in [0, 0.05) is 30.6 Å². The van der Waals surface area contributed by atoms with Crippen LogP contribution in [-0.4, -0.2) is 17.7 Å². The summed E-state index contributed by atoms with van der Waals surface area (Å²) in [4.78, 5) is 12.8. The Kier molecular flexibility index (Phi) is 2.88. The molecular formula is C14H11NO. The summed E-state index contributed by atoms with van der Waals surface area (Å²) in [7, 11) is 1.96. The summed E-state index contributed by atoms with van der Waals surface area (Å²) < 4.78 is 0. The Morgan fingerprint density at radius 2 is 1.38 bits per heavy atom. The van der Waals surface area contributed by atoms with Crippen LogP contribution < -0.4 is 0 Å². The number of hydrogen-bond acceptors (Lipinski definition) is 2. The minimum Gasteiger partial charge on any atom is -0.357 e. The fourth-order valence-corrected chi connectivity index (χ4v) is 1.27. The van der Waals surface area contributed by atoms with E-state index in [-0.39, 0.29) is 5.78 Å². The number of carbonyl (C=O) groups is 1. The molecule has 2 nitrogen and oxygen atoms in total. The molecule has 0 fully saturated rings. The van der Waals surface area contributed by atoms with E-state index in [0.717, 1.165) is 11.1 Å². The smallest absolute Gasteiger partial charge is 0.178 e. The summed E-state index contributed by atoms with van der Waals surface area (Å²) in [6.45, 7) is 0. The van der Waals surface area contributed by atoms with Gasteiger partial charge >= 0.3 is 0 Å². The van der Waals surface area contributed by atoms with Gasteiger partial charge in [0.25, 0.3) is 0 Å². The van der Waals surface area contributed by atoms with Gasteiger partial charge in [0.1, 0.15) is 0 Å². The molecule has 1 aliphatic carbocycles. The maximum Gasteiger partial charge on any atom is 0.178 e. The van der Waals surface area contributed by atoms with Crippen LogP contribution in [0.2, 0.25) is 0 Å². The van der Waals surface area contributed by atoms with Crippen molar-refractivity contribution in [2.24, 2.45) is 0 Å². The molecule has 0 aromatic heterocycles. The third-order valence-corrected chi connectivity index (χ3v) is 2.18. The number of hydrogen-bond donors (Lipinski definition) is 0. The molecule has 2 rings (SSSR count). The first-order valence-corrected chi connectivity index (χ1v) is 4.98. The average molecular weight is 209 g/mol. The summed E-state index contributed by atoms with van der Waals surface area (Å²) in [6, 6.07) is 0. The monoisotopic (exact) mass is 209 g/mol. The van der Waals surface area contributed by atoms with E-state index in [9.17, 15) is 4.79 Å². The molecular weight excluding hydrogens is 198 g/mol. The van der Waals surface area contributed by atoms with Crippen molar-refractivity contribution >= 4 is 5.78 Å². The molecule has 0 amide bonds. The second kappa shape index (κ2) is 4.50. The molecule has 1 aliphatic heterocycles. The molecule has 78 valence electrons. The molecule has 0 radical (unpaired) electrons. The largest absolute Gasteiger partial charge is 0.357 e. The lowest BCUT2D eigenvalue weighted by molar-refractivity contribution is -0.110. The quantitative estimate of drug-likeness (QED) is 0.570. The van der Waals surface area contributed by atoms with E-state index in [1.165, 1.54) is 12.2 Å². The number of nitrogens with zero attached hydrogens (tertiary/aromatic N) is 1. The molecule has 16 heavy (non-hydrogen) atoms. The highest BCUT2D eigenvalue weighted by atomic mass is 16.1. The predicted octanol–water partition coefficient (Wildman–Crippen LogP) is 2.26. The van der Waals surface area contributed by atoms with Crippen LogP contribution in [0.25, 0.3) is 0 Å². The standard InChI is InChI=1S/C14H11NO/c1-15-10-8-13(9-11-15)3-2-12-4-6-14(16)7-5-12/h4-11H,1H3. The molecule has 0 aromatic carbocycles. The zero-order valence-corrected chi connectivity index (χ0v) is 8.97. The molecule has 1 heterocycles. The van der Waals surface area contributed by atoms with Crippen molar-refractivity contribution in [3.05, 3.63) is 71.5 Å². The minimum absolute atomic E-state index is 0.0114. The molecule has 0 spiro atoms. The number of ketones is 1. The highest BCUT2D eigenvalue weighted by Crippen LogP contribution is 2.07. The van der Waals surface area contributed by atoms with E-state index in [4.69, 9.17) is 0 Å². The van der Waals surface area contributed by atoms with Crippen molar-refractivity contribution in [1.29, 1.82) is 0 Å². The van der Waals surface area contributed by atoms with Gasteiger partial charge < -0.3 is 4.90 Å². The van der Waals surface area contributed by atoms with Gasteiger partial charge in [-0.25, -0.2) is 0 Å². The summed E-state index contributed by atoms with van der Waals surface area (Å²) in [5.74, 6) is 0.0114. The summed E-state index contributed by atoms with van der Waals surface area (Å²) in [6.07, 6.45) is 14.3. The van der Waals surface area contributed by atoms with Crippen LogP contribution in [0, 0.1) is 0 Å². The van der Waals surface area contributed by atoms with Crippen LogP contribution in [0.3, 0.4) is 0 Å². The van der Waals surface area contributed by atoms with Gasteiger partial charge in [0.05, 0.1) is 0 Å². The van der Waals surface area contributed by atoms with Gasteiger partial charge in [-0.2, -0.15) is 0 Å². The van der Waals surface area contributed by atoms with Crippen LogP contribution in [0.15, 0.2) is 71.5 Å². The van der Waals surface area contributed by atoms with Crippen LogP contribution in [0.5, 0.6) is 0 Å². The first kappa shape index (κ1) is 10.3. The van der Waals surface area contributed by atoms with Crippen LogP contribution in [0.1, 0.15) is 0 Å². The van der Waals surface area contributed by atoms with E-state index >= 15 is 0 Å². The SMILES string of the molecule is CN1C=CC(=C=C=C2C=CC(=O)C=C2)C=C1. The summed E-state index contributed by atoms with van der Waals surface area (Å²) in [5.41, 5.74) is 7.87. The maximum absolute atomic E-state index is 10.9. The normalized spacial score (nSPS) is 17.8. The molecule has 0 saturated heterocycles. The van der Waals surface area contributed by atoms with E-state index in [1.807, 2.05) is 36.5 Å². The van der Waals surface area contributed by atoms with Gasteiger partial charge in [-0.05, 0) is 36.5 Å². The second-order valence-electron chi connectivity index (χ2n) is 3.53. The van der Waals surface area contributed by atoms with Gasteiger partial charge in [-0.1, -0.05) is 11.5 Å². The Hall–Kier alpha value is -2.27. The topological polar surface area (TPSA) is 20.3 Å². The maximum atomic E-state index is 10.9. The third kappa shape index (κ3) is 2.61. The lowest BCUT2D eigenvalue weighted by Crippen LogP contribution is -2.02. The highest BCUT2D eigenvalue weighted by molar-refractivity contribution is 6.01. The van der Waals surface area contributed by atoms with E-state index in [0.29, 0.717) is 0 Å². The van der Waals surface area contributed by atoms with Crippen molar-refractivity contribution in [1.82, 2.24) is 4.90 Å². The molecule has 2 aliphatic rings. The zero-order chi connectivity index (χ0) is 11.4. The molecule has 0 atom stereocenters. The number of rotatable bonds is 0. The predicted molar refractivity (Wildman–Crippen MR) is 63.4 cm³/mol. The summed E-state index contributed by atoms with van der Waals surface area (Å²) >= 11 is 0. The summed E-state index contributed by atoms with van der Waals surface area (Å²) in [5, 5.41) is 0. The fraction of sp³-hybridized carbons (Fsp3) is 0.0714. The van der Waals surface area contributed by atoms with Crippen molar-refractivity contribution < 1.29 is 4.79 Å². The van der Waals surface area contributed by atoms with Crippen molar-refractivity contribution in [3.8, 4) is 0 Å². The van der Waals surface area contributed by atoms with Crippen LogP contribution in [-0.2, 0) is 4.79 Å². The Morgan fingerprint density at radius 1 is 0.875 bits per heavy atom. The van der Waals surface area contributed by atoms with Gasteiger partial charge in [0.2, 0.25) is 0 Å². The molecule has 2 heteroatoms. The molecule has 0 aromatic rings. The highest BCUT2D eigenvalue weighted by Gasteiger charge is 1.96. The van der Waals surface area contributed by atoms with Gasteiger partial charge in [-0.3, -0.25) is 4.79 Å². The molecule has 0 N–H and O–H groups in total. The lowest BCUT2D eigenvalue weighted by Gasteiger charge is -2.09. The number of carbonyl (C=O) groups excluding carboxylic acids is 1. The fourth-order valence-electron chi connectivity index (χ4n) is 1.27. The van der Waals surface area contributed by atoms with Gasteiger partial charge in [-0.15, -0.1) is 0 Å². The molecule has 0 unspecified atom stereocenters. The van der Waals surface area contributed by atoms with Crippen molar-refractivity contribution in [2.75, 3.05) is 7.05 Å². The lowest BCUT2D eigenvalue weighted by atomic mass is 10.1. The Bertz CT molecular complexity index is 497. The average Bonchev–Trinajstić information content (AvgIpc) is 2.30. The molecule has 0 bridgehead atoms. The zero-order valence-electron chi connectivity index (χ0n) is 8.97. The number of allylic oxidation sites excluding steroid dienone is 8. The van der Waals surface area contributed by atoms with Crippen molar-refractivity contribution in [2.45, 2.75) is 0 Å². The first-order valence-electron chi connectivity index (χ1n) is 4.98. The van der Waals surface area contributed by atoms with E-state index in [1.54, 1.807) is 12.2 Å². The van der Waals surface area contributed by atoms with Crippen molar-refractivity contribution in [3.63, 3.8) is 0 Å². The van der Waals surface area contributed by atoms with Crippen LogP contribution in [0.4, 0.5) is 0 Å². The Balaban J connectivity index is 2.30. The Labute approximate surface area is 94.6 Å². The Morgan fingerprint density at radius 3 is 1.94 bits per heavy atom. The third-order valence-electron chi connectivity index (χ3n) is 2.18. The molecule has 0 saturated carbocycles.